The van der Waals surface area contributed by atoms with Crippen LogP contribution in [0.25, 0.3) is 21.9 Å². The number of ether oxygens (including phenoxy) is 1. The lowest BCUT2D eigenvalue weighted by Gasteiger charge is -2.17. The van der Waals surface area contributed by atoms with Crippen LogP contribution in [-0.2, 0) is 4.79 Å². The van der Waals surface area contributed by atoms with Crippen LogP contribution in [0.2, 0.25) is 0 Å². The number of carboxylic acids is 1. The summed E-state index contributed by atoms with van der Waals surface area (Å²) in [4.78, 5) is 11.4. The fourth-order valence-electron chi connectivity index (χ4n) is 3.77. The summed E-state index contributed by atoms with van der Waals surface area (Å²) in [7, 11) is 1.61. The van der Waals surface area contributed by atoms with Gasteiger partial charge < -0.3 is 18.7 Å². The van der Waals surface area contributed by atoms with Crippen molar-refractivity contribution in [3.63, 3.8) is 0 Å². The summed E-state index contributed by atoms with van der Waals surface area (Å²) in [5, 5.41) is 11.2. The molecule has 1 aliphatic rings. The molecule has 2 aromatic heterocycles. The molecule has 5 heteroatoms. The predicted molar refractivity (Wildman–Crippen MR) is 89.7 cm³/mol. The minimum absolute atomic E-state index is 0.0686. The molecule has 5 nitrogen and oxygen atoms in total. The molecular formula is C19H20O5. The van der Waals surface area contributed by atoms with Crippen molar-refractivity contribution in [2.24, 2.45) is 5.92 Å². The monoisotopic (exact) mass is 328 g/mol. The summed E-state index contributed by atoms with van der Waals surface area (Å²) in [5.74, 6) is 1.74. The molecule has 1 unspecified atom stereocenters. The second kappa shape index (κ2) is 5.30. The van der Waals surface area contributed by atoms with Crippen LogP contribution in [0.1, 0.15) is 42.3 Å². The minimum Gasteiger partial charge on any atom is -0.492 e. The van der Waals surface area contributed by atoms with Gasteiger partial charge in [0.2, 0.25) is 0 Å². The fourth-order valence-corrected chi connectivity index (χ4v) is 3.77. The molecule has 0 radical (unpaired) electrons. The van der Waals surface area contributed by atoms with Gasteiger partial charge in [-0.05, 0) is 44.7 Å². The van der Waals surface area contributed by atoms with E-state index in [1.54, 1.807) is 7.11 Å². The van der Waals surface area contributed by atoms with Gasteiger partial charge >= 0.3 is 5.97 Å². The van der Waals surface area contributed by atoms with E-state index in [4.69, 9.17) is 13.6 Å². The summed E-state index contributed by atoms with van der Waals surface area (Å²) < 4.78 is 17.5. The van der Waals surface area contributed by atoms with Gasteiger partial charge in [-0.15, -0.1) is 0 Å². The number of fused-ring (bicyclic) bond motifs is 2. The number of methoxy groups -OCH3 is 1. The Bertz CT molecular complexity index is 884. The third kappa shape index (κ3) is 2.27. The van der Waals surface area contributed by atoms with E-state index in [1.165, 1.54) is 0 Å². The molecular weight excluding hydrogens is 308 g/mol. The number of aryl methyl sites for hydroxylation is 2. The summed E-state index contributed by atoms with van der Waals surface area (Å²) in [6, 6.07) is 3.89. The topological polar surface area (TPSA) is 72.8 Å². The number of benzene rings is 1. The van der Waals surface area contributed by atoms with Gasteiger partial charge in [-0.2, -0.15) is 0 Å². The number of rotatable bonds is 5. The largest absolute Gasteiger partial charge is 0.492 e. The lowest BCUT2D eigenvalue weighted by Crippen LogP contribution is -2.09. The zero-order valence-electron chi connectivity index (χ0n) is 14.0. The van der Waals surface area contributed by atoms with Gasteiger partial charge in [0, 0.05) is 16.9 Å². The number of hydrogen-bond donors (Lipinski definition) is 1. The van der Waals surface area contributed by atoms with Crippen molar-refractivity contribution < 1.29 is 23.5 Å². The second-order valence-corrected chi connectivity index (χ2v) is 6.69. The number of aliphatic carboxylic acids is 1. The molecule has 4 rings (SSSR count). The van der Waals surface area contributed by atoms with Crippen LogP contribution >= 0.6 is 0 Å². The smallest absolute Gasteiger partial charge is 0.303 e. The van der Waals surface area contributed by atoms with Crippen LogP contribution < -0.4 is 4.74 Å². The Kier molecular flexibility index (Phi) is 3.34. The van der Waals surface area contributed by atoms with E-state index in [0.29, 0.717) is 17.3 Å². The Balaban J connectivity index is 2.09. The highest BCUT2D eigenvalue weighted by atomic mass is 16.5. The molecule has 24 heavy (non-hydrogen) atoms. The zero-order valence-corrected chi connectivity index (χ0v) is 14.0. The van der Waals surface area contributed by atoms with E-state index in [9.17, 15) is 9.90 Å². The number of hydrogen-bond acceptors (Lipinski definition) is 4. The van der Waals surface area contributed by atoms with E-state index in [0.717, 1.165) is 46.3 Å². The van der Waals surface area contributed by atoms with E-state index in [1.807, 2.05) is 26.0 Å². The highest BCUT2D eigenvalue weighted by Crippen LogP contribution is 2.51. The molecule has 0 aliphatic heterocycles. The second-order valence-electron chi connectivity index (χ2n) is 6.69. The molecule has 1 aliphatic carbocycles. The normalized spacial score (nSPS) is 16.0. The number of furan rings is 2. The first kappa shape index (κ1) is 15.1. The van der Waals surface area contributed by atoms with Gasteiger partial charge in [-0.3, -0.25) is 4.79 Å². The maximum atomic E-state index is 11.4. The molecule has 1 atom stereocenters. The van der Waals surface area contributed by atoms with Crippen LogP contribution in [0.15, 0.2) is 21.0 Å². The van der Waals surface area contributed by atoms with Crippen LogP contribution in [0.5, 0.6) is 5.75 Å². The fraction of sp³-hybridized carbons (Fsp3) is 0.421. The van der Waals surface area contributed by atoms with E-state index in [-0.39, 0.29) is 12.3 Å². The van der Waals surface area contributed by atoms with Crippen molar-refractivity contribution in [2.45, 2.75) is 39.0 Å². The van der Waals surface area contributed by atoms with Crippen LogP contribution in [0.3, 0.4) is 0 Å². The van der Waals surface area contributed by atoms with Crippen LogP contribution in [0.4, 0.5) is 0 Å². The maximum Gasteiger partial charge on any atom is 0.303 e. The first-order chi connectivity index (χ1) is 11.5. The first-order valence-corrected chi connectivity index (χ1v) is 8.21. The van der Waals surface area contributed by atoms with E-state index >= 15 is 0 Å². The average Bonchev–Trinajstić information content (AvgIpc) is 3.18. The molecule has 0 saturated heterocycles. The van der Waals surface area contributed by atoms with Gasteiger partial charge in [-0.25, -0.2) is 0 Å². The molecule has 3 aromatic rings. The van der Waals surface area contributed by atoms with Crippen LogP contribution in [0, 0.1) is 19.8 Å². The van der Waals surface area contributed by atoms with Crippen molar-refractivity contribution in [1.29, 1.82) is 0 Å². The molecule has 1 N–H and O–H groups in total. The lowest BCUT2D eigenvalue weighted by atomic mass is 9.87. The number of carboxylic acid groups (broad SMARTS) is 1. The molecule has 126 valence electrons. The predicted octanol–water partition coefficient (Wildman–Crippen LogP) is 4.77. The van der Waals surface area contributed by atoms with Gasteiger partial charge in [0.25, 0.3) is 0 Å². The summed E-state index contributed by atoms with van der Waals surface area (Å²) in [6.45, 7) is 3.78. The molecule has 0 bridgehead atoms. The van der Waals surface area contributed by atoms with Crippen molar-refractivity contribution >= 4 is 27.9 Å². The Morgan fingerprint density at radius 2 is 1.83 bits per heavy atom. The van der Waals surface area contributed by atoms with E-state index in [2.05, 4.69) is 0 Å². The van der Waals surface area contributed by atoms with Crippen LogP contribution in [-0.4, -0.2) is 18.2 Å². The molecule has 0 spiro atoms. The average molecular weight is 328 g/mol. The third-order valence-electron chi connectivity index (χ3n) is 4.86. The minimum atomic E-state index is -0.785. The Labute approximate surface area is 139 Å². The first-order valence-electron chi connectivity index (χ1n) is 8.21. The van der Waals surface area contributed by atoms with Gasteiger partial charge in [-0.1, -0.05) is 0 Å². The Morgan fingerprint density at radius 1 is 1.21 bits per heavy atom. The van der Waals surface area contributed by atoms with Crippen molar-refractivity contribution in [3.8, 4) is 5.75 Å². The van der Waals surface area contributed by atoms with Crippen molar-refractivity contribution in [2.75, 3.05) is 7.11 Å². The standard InChI is InChI=1S/C19H20O5/c1-9-6-13-16(12(8-15(20)21)11-4-5-11)17-14(7-10(2)23-17)18(22-3)19(13)24-9/h6-7,11-12H,4-5,8H2,1-3H3,(H,20,21). The molecule has 2 heterocycles. The summed E-state index contributed by atoms with van der Waals surface area (Å²) in [5.41, 5.74) is 2.36. The quantitative estimate of drug-likeness (QED) is 0.730. The highest BCUT2D eigenvalue weighted by Gasteiger charge is 2.38. The number of carbonyl (C=O) groups is 1. The Hall–Kier alpha value is -2.43. The van der Waals surface area contributed by atoms with Gasteiger partial charge in [0.15, 0.2) is 11.3 Å². The SMILES string of the molecule is COc1c2cc(C)oc2c(C(CC(=O)O)C2CC2)c2cc(C)oc12. The van der Waals surface area contributed by atoms with Crippen molar-refractivity contribution in [1.82, 2.24) is 0 Å². The zero-order chi connectivity index (χ0) is 17.0. The maximum absolute atomic E-state index is 11.4. The third-order valence-corrected chi connectivity index (χ3v) is 4.86. The summed E-state index contributed by atoms with van der Waals surface area (Å²) >= 11 is 0. The highest BCUT2D eigenvalue weighted by molar-refractivity contribution is 6.05. The van der Waals surface area contributed by atoms with Crippen molar-refractivity contribution in [3.05, 3.63) is 29.2 Å². The lowest BCUT2D eigenvalue weighted by molar-refractivity contribution is -0.137. The van der Waals surface area contributed by atoms with Gasteiger partial charge in [0.1, 0.15) is 17.1 Å². The Morgan fingerprint density at radius 3 is 2.42 bits per heavy atom. The molecule has 1 fully saturated rings. The molecule has 1 aromatic carbocycles. The molecule has 1 saturated carbocycles. The van der Waals surface area contributed by atoms with E-state index < -0.39 is 5.97 Å². The molecule has 0 amide bonds. The van der Waals surface area contributed by atoms with Gasteiger partial charge in [0.05, 0.1) is 18.9 Å². The summed E-state index contributed by atoms with van der Waals surface area (Å²) in [6.07, 6.45) is 2.22.